The standard InChI is InChI=1S/C29H32F5N5O4/c1-16-14-38(7-6-37(16)2)24-10-22(30)19(8-23(24)36-27(41)21-13-35-25(40)9-20(21)26(31)32)17-4-3-5-39(15-17)28(42)43-18-11-29(33,34)12-18/h4,8-10,13,16,18,26H,3,5-7,11-12,14-15H2,1-2H3,(H,35,40)(H,36,41). The van der Waals surface area contributed by atoms with Crippen LogP contribution in [0, 0.1) is 5.82 Å². The number of alkyl halides is 4. The third-order valence-electron chi connectivity index (χ3n) is 8.15. The second-order valence-corrected chi connectivity index (χ2v) is 11.3. The molecule has 3 heterocycles. The molecule has 5 rings (SSSR count). The lowest BCUT2D eigenvalue weighted by atomic mass is 9.91. The van der Waals surface area contributed by atoms with E-state index in [1.807, 2.05) is 18.9 Å². The molecule has 2 fully saturated rings. The zero-order valence-corrected chi connectivity index (χ0v) is 23.6. The maximum Gasteiger partial charge on any atom is 0.410 e. The number of hydrogen-bond acceptors (Lipinski definition) is 6. The summed E-state index contributed by atoms with van der Waals surface area (Å²) < 4.78 is 74.7. The van der Waals surface area contributed by atoms with Crippen molar-refractivity contribution in [2.75, 3.05) is 50.0 Å². The summed E-state index contributed by atoms with van der Waals surface area (Å²) in [5.74, 6) is -4.40. The number of nitrogens with zero attached hydrogens (tertiary/aromatic N) is 3. The average molecular weight is 610 g/mol. The maximum atomic E-state index is 15.8. The number of amides is 2. The number of piperazine rings is 1. The molecule has 14 heteroatoms. The van der Waals surface area contributed by atoms with Crippen LogP contribution >= 0.6 is 0 Å². The van der Waals surface area contributed by atoms with Gasteiger partial charge in [-0.15, -0.1) is 0 Å². The molecule has 0 spiro atoms. The Morgan fingerprint density at radius 1 is 1.14 bits per heavy atom. The lowest BCUT2D eigenvalue weighted by Gasteiger charge is -2.40. The number of anilines is 2. The zero-order chi connectivity index (χ0) is 31.1. The van der Waals surface area contributed by atoms with Crippen LogP contribution < -0.4 is 15.8 Å². The predicted molar refractivity (Wildman–Crippen MR) is 149 cm³/mol. The third kappa shape index (κ3) is 6.68. The monoisotopic (exact) mass is 609 g/mol. The van der Waals surface area contributed by atoms with Crippen LogP contribution in [0.1, 0.15) is 54.1 Å². The van der Waals surface area contributed by atoms with E-state index in [-0.39, 0.29) is 30.4 Å². The van der Waals surface area contributed by atoms with Crippen LogP contribution in [-0.2, 0) is 4.74 Å². The van der Waals surface area contributed by atoms with Gasteiger partial charge in [0.1, 0.15) is 11.9 Å². The van der Waals surface area contributed by atoms with E-state index in [0.717, 1.165) is 6.20 Å². The fraction of sp³-hybridized carbons (Fsp3) is 0.483. The summed E-state index contributed by atoms with van der Waals surface area (Å²) >= 11 is 0. The number of pyridine rings is 1. The maximum absolute atomic E-state index is 15.8. The third-order valence-corrected chi connectivity index (χ3v) is 8.15. The molecule has 1 saturated carbocycles. The van der Waals surface area contributed by atoms with Crippen LogP contribution in [0.4, 0.5) is 38.1 Å². The van der Waals surface area contributed by atoms with Crippen molar-refractivity contribution in [2.24, 2.45) is 0 Å². The highest BCUT2D eigenvalue weighted by atomic mass is 19.3. The molecule has 0 radical (unpaired) electrons. The Morgan fingerprint density at radius 3 is 2.56 bits per heavy atom. The molecule has 1 aromatic carbocycles. The van der Waals surface area contributed by atoms with Crippen molar-refractivity contribution in [3.8, 4) is 0 Å². The quantitative estimate of drug-likeness (QED) is 0.454. The van der Waals surface area contributed by atoms with Gasteiger partial charge in [0.05, 0.1) is 16.9 Å². The Labute approximate surface area is 244 Å². The van der Waals surface area contributed by atoms with Crippen LogP contribution in [0.15, 0.2) is 35.3 Å². The van der Waals surface area contributed by atoms with Crippen molar-refractivity contribution in [3.05, 3.63) is 63.3 Å². The van der Waals surface area contributed by atoms with E-state index in [4.69, 9.17) is 4.74 Å². The molecule has 9 nitrogen and oxygen atoms in total. The first-order valence-corrected chi connectivity index (χ1v) is 13.9. The van der Waals surface area contributed by atoms with E-state index in [1.165, 1.54) is 17.0 Å². The van der Waals surface area contributed by atoms with Crippen molar-refractivity contribution in [1.82, 2.24) is 14.8 Å². The number of carbonyl (C=O) groups excluding carboxylic acids is 2. The summed E-state index contributed by atoms with van der Waals surface area (Å²) in [6.07, 6.45) is -2.84. The van der Waals surface area contributed by atoms with Crippen LogP contribution in [0.5, 0.6) is 0 Å². The molecule has 1 unspecified atom stereocenters. The number of benzene rings is 1. The Morgan fingerprint density at radius 2 is 1.88 bits per heavy atom. The van der Waals surface area contributed by atoms with Gasteiger partial charge in [-0.1, -0.05) is 6.08 Å². The zero-order valence-electron chi connectivity index (χ0n) is 23.6. The second-order valence-electron chi connectivity index (χ2n) is 11.3. The number of aromatic amines is 1. The van der Waals surface area contributed by atoms with Gasteiger partial charge in [0.25, 0.3) is 18.3 Å². The van der Waals surface area contributed by atoms with Gasteiger partial charge < -0.3 is 29.7 Å². The van der Waals surface area contributed by atoms with Crippen molar-refractivity contribution < 1.29 is 36.3 Å². The number of carbonyl (C=O) groups is 2. The molecular formula is C29H32F5N5O4. The number of H-pyrrole nitrogens is 1. The number of aromatic nitrogens is 1. The van der Waals surface area contributed by atoms with Gasteiger partial charge in [-0.25, -0.2) is 26.7 Å². The molecule has 0 bridgehead atoms. The molecule has 232 valence electrons. The first-order chi connectivity index (χ1) is 20.3. The van der Waals surface area contributed by atoms with Crippen LogP contribution in [0.25, 0.3) is 5.57 Å². The minimum atomic E-state index is -3.09. The average Bonchev–Trinajstić information content (AvgIpc) is 2.94. The minimum absolute atomic E-state index is 0.0629. The summed E-state index contributed by atoms with van der Waals surface area (Å²) in [6.45, 7) is 3.84. The van der Waals surface area contributed by atoms with Gasteiger partial charge >= 0.3 is 6.09 Å². The predicted octanol–water partition coefficient (Wildman–Crippen LogP) is 4.87. The van der Waals surface area contributed by atoms with Crippen molar-refractivity contribution in [2.45, 2.75) is 50.7 Å². The summed E-state index contributed by atoms with van der Waals surface area (Å²) in [4.78, 5) is 45.1. The summed E-state index contributed by atoms with van der Waals surface area (Å²) in [7, 11) is 1.96. The lowest BCUT2D eigenvalue weighted by molar-refractivity contribution is -0.147. The van der Waals surface area contributed by atoms with E-state index in [2.05, 4.69) is 15.2 Å². The van der Waals surface area contributed by atoms with Gasteiger partial charge in [-0.3, -0.25) is 9.59 Å². The largest absolute Gasteiger partial charge is 0.446 e. The van der Waals surface area contributed by atoms with Crippen molar-refractivity contribution in [3.63, 3.8) is 0 Å². The normalized spacial score (nSPS) is 20.9. The Hall–Kier alpha value is -3.94. The first kappa shape index (κ1) is 30.5. The highest BCUT2D eigenvalue weighted by Gasteiger charge is 2.48. The smallest absolute Gasteiger partial charge is 0.410 e. The Bertz CT molecular complexity index is 1490. The topological polar surface area (TPSA) is 98.0 Å². The van der Waals surface area contributed by atoms with Crippen molar-refractivity contribution in [1.29, 1.82) is 0 Å². The van der Waals surface area contributed by atoms with E-state index >= 15 is 4.39 Å². The molecule has 3 aliphatic rings. The SMILES string of the molecule is CC1CN(c2cc(F)c(C3=CCCN(C(=O)OC4CC(F)(F)C4)C3)cc2NC(=O)c2c[nH]c(=O)cc2C(F)F)CCN1C. The number of hydrogen-bond donors (Lipinski definition) is 2. The molecule has 43 heavy (non-hydrogen) atoms. The Balaban J connectivity index is 1.44. The summed E-state index contributed by atoms with van der Waals surface area (Å²) in [6, 6.07) is 3.41. The van der Waals surface area contributed by atoms with E-state index in [1.54, 1.807) is 6.08 Å². The van der Waals surface area contributed by atoms with Crippen molar-refractivity contribution >= 4 is 28.9 Å². The molecule has 1 aromatic heterocycles. The highest BCUT2D eigenvalue weighted by Crippen LogP contribution is 2.40. The van der Waals surface area contributed by atoms with E-state index < -0.39 is 65.8 Å². The number of halogens is 5. The Kier molecular flexibility index (Phi) is 8.50. The molecule has 1 aliphatic carbocycles. The molecular weight excluding hydrogens is 577 g/mol. The van der Waals surface area contributed by atoms with E-state index in [9.17, 15) is 31.9 Å². The van der Waals surface area contributed by atoms with Crippen LogP contribution in [0.3, 0.4) is 0 Å². The highest BCUT2D eigenvalue weighted by molar-refractivity contribution is 6.07. The first-order valence-electron chi connectivity index (χ1n) is 13.9. The molecule has 1 atom stereocenters. The summed E-state index contributed by atoms with van der Waals surface area (Å²) in [5.41, 5.74) is -0.994. The lowest BCUT2D eigenvalue weighted by Crippen LogP contribution is -2.50. The molecule has 2 aromatic rings. The van der Waals surface area contributed by atoms with Gasteiger partial charge in [0, 0.05) is 75.0 Å². The number of rotatable bonds is 6. The molecule has 2 aliphatic heterocycles. The summed E-state index contributed by atoms with van der Waals surface area (Å²) in [5, 5.41) is 2.63. The fourth-order valence-corrected chi connectivity index (χ4v) is 5.49. The minimum Gasteiger partial charge on any atom is -0.446 e. The van der Waals surface area contributed by atoms with Gasteiger partial charge in [0.2, 0.25) is 5.56 Å². The van der Waals surface area contributed by atoms with Crippen LogP contribution in [-0.4, -0.2) is 84.6 Å². The van der Waals surface area contributed by atoms with Gasteiger partial charge in [-0.05, 0) is 38.1 Å². The molecule has 2 amide bonds. The van der Waals surface area contributed by atoms with Crippen LogP contribution in [0.2, 0.25) is 0 Å². The van der Waals surface area contributed by atoms with Gasteiger partial charge in [0.15, 0.2) is 0 Å². The number of likely N-dealkylation sites (N-methyl/N-ethyl adjacent to an activating group) is 1. The molecule has 1 saturated heterocycles. The fourth-order valence-electron chi connectivity index (χ4n) is 5.49. The second kappa shape index (κ2) is 12.0. The number of ether oxygens (including phenoxy) is 1. The van der Waals surface area contributed by atoms with Gasteiger partial charge in [-0.2, -0.15) is 0 Å². The number of nitrogens with one attached hydrogen (secondary N) is 2. The van der Waals surface area contributed by atoms with E-state index in [0.29, 0.717) is 43.4 Å². The molecule has 2 N–H and O–H groups in total.